The highest BCUT2D eigenvalue weighted by atomic mass is 32.2. The second-order valence-corrected chi connectivity index (χ2v) is 10.6. The zero-order chi connectivity index (χ0) is 23.4. The fourth-order valence-corrected chi connectivity index (χ4v) is 6.54. The SMILES string of the molecule is COc1ccc(N2C(=O)C(C(SC(=S)Nc3ccc(F)cc3)c3ccccc3)SC2=S)cc1. The Hall–Kier alpha value is -2.46. The lowest BCUT2D eigenvalue weighted by molar-refractivity contribution is -0.116. The molecule has 1 aliphatic rings. The summed E-state index contributed by atoms with van der Waals surface area (Å²) in [5.74, 6) is 0.290. The van der Waals surface area contributed by atoms with E-state index >= 15 is 0 Å². The zero-order valence-electron chi connectivity index (χ0n) is 17.4. The van der Waals surface area contributed by atoms with Gasteiger partial charge in [-0.2, -0.15) is 0 Å². The number of anilines is 2. The predicted octanol–water partition coefficient (Wildman–Crippen LogP) is 6.44. The Labute approximate surface area is 210 Å². The minimum atomic E-state index is -0.458. The summed E-state index contributed by atoms with van der Waals surface area (Å²) < 4.78 is 19.4. The number of hydrogen-bond donors (Lipinski definition) is 1. The third-order valence-electron chi connectivity index (χ3n) is 4.93. The highest BCUT2D eigenvalue weighted by Gasteiger charge is 2.43. The minimum absolute atomic E-state index is 0.0962. The number of carbonyl (C=O) groups is 1. The lowest BCUT2D eigenvalue weighted by Crippen LogP contribution is -2.33. The van der Waals surface area contributed by atoms with Crippen LogP contribution in [0.1, 0.15) is 10.8 Å². The van der Waals surface area contributed by atoms with E-state index in [1.807, 2.05) is 42.5 Å². The summed E-state index contributed by atoms with van der Waals surface area (Å²) in [4.78, 5) is 15.1. The normalized spacial score (nSPS) is 16.5. The molecule has 168 valence electrons. The van der Waals surface area contributed by atoms with Crippen LogP contribution in [0.3, 0.4) is 0 Å². The van der Waals surface area contributed by atoms with Crippen molar-refractivity contribution in [3.05, 3.63) is 90.2 Å². The van der Waals surface area contributed by atoms with E-state index in [9.17, 15) is 9.18 Å². The number of thioether (sulfide) groups is 2. The maximum absolute atomic E-state index is 13.5. The van der Waals surface area contributed by atoms with Crippen molar-refractivity contribution in [1.82, 2.24) is 0 Å². The van der Waals surface area contributed by atoms with E-state index in [-0.39, 0.29) is 17.0 Å². The molecule has 0 bridgehead atoms. The maximum atomic E-state index is 13.5. The molecule has 2 atom stereocenters. The van der Waals surface area contributed by atoms with E-state index < -0.39 is 5.25 Å². The van der Waals surface area contributed by atoms with E-state index in [1.165, 1.54) is 35.7 Å². The van der Waals surface area contributed by atoms with Crippen molar-refractivity contribution in [2.24, 2.45) is 0 Å². The van der Waals surface area contributed by atoms with Crippen molar-refractivity contribution < 1.29 is 13.9 Å². The molecule has 3 aromatic carbocycles. The number of thiocarbonyl (C=S) groups is 2. The number of halogens is 1. The van der Waals surface area contributed by atoms with Crippen LogP contribution < -0.4 is 15.0 Å². The first kappa shape index (κ1) is 23.7. The average Bonchev–Trinajstić information content (AvgIpc) is 3.13. The molecule has 1 heterocycles. The van der Waals surface area contributed by atoms with Crippen molar-refractivity contribution in [1.29, 1.82) is 0 Å². The molecule has 2 unspecified atom stereocenters. The van der Waals surface area contributed by atoms with Crippen LogP contribution >= 0.6 is 48.0 Å². The Morgan fingerprint density at radius 3 is 2.39 bits per heavy atom. The molecule has 1 amide bonds. The highest BCUT2D eigenvalue weighted by molar-refractivity contribution is 8.27. The number of amides is 1. The van der Waals surface area contributed by atoms with Crippen LogP contribution in [-0.2, 0) is 4.79 Å². The van der Waals surface area contributed by atoms with Gasteiger partial charge < -0.3 is 10.1 Å². The second kappa shape index (κ2) is 10.6. The van der Waals surface area contributed by atoms with Gasteiger partial charge in [0.15, 0.2) is 0 Å². The summed E-state index contributed by atoms with van der Waals surface area (Å²) in [5, 5.41) is 2.39. The van der Waals surface area contributed by atoms with E-state index in [1.54, 1.807) is 36.3 Å². The molecule has 1 fully saturated rings. The van der Waals surface area contributed by atoms with Crippen LogP contribution in [0.25, 0.3) is 0 Å². The van der Waals surface area contributed by atoms with Gasteiger partial charge in [-0.15, -0.1) is 0 Å². The fraction of sp³-hybridized carbons (Fsp3) is 0.125. The molecule has 4 nitrogen and oxygen atoms in total. The monoisotopic (exact) mass is 514 g/mol. The average molecular weight is 515 g/mol. The summed E-state index contributed by atoms with van der Waals surface area (Å²) in [7, 11) is 1.59. The molecule has 33 heavy (non-hydrogen) atoms. The number of ether oxygens (including phenoxy) is 1. The summed E-state index contributed by atoms with van der Waals surface area (Å²) in [6, 6.07) is 23.0. The third kappa shape index (κ3) is 5.55. The van der Waals surface area contributed by atoms with Gasteiger partial charge in [-0.1, -0.05) is 78.3 Å². The van der Waals surface area contributed by atoms with E-state index in [4.69, 9.17) is 29.2 Å². The molecule has 0 saturated carbocycles. The molecular formula is C24H19FN2O2S4. The van der Waals surface area contributed by atoms with E-state index in [0.29, 0.717) is 25.8 Å². The quantitative estimate of drug-likeness (QED) is 0.380. The van der Waals surface area contributed by atoms with Gasteiger partial charge in [0.1, 0.15) is 25.5 Å². The minimum Gasteiger partial charge on any atom is -0.497 e. The number of benzene rings is 3. The Balaban J connectivity index is 1.58. The zero-order valence-corrected chi connectivity index (χ0v) is 20.7. The van der Waals surface area contributed by atoms with Crippen LogP contribution in [0.15, 0.2) is 78.9 Å². The number of nitrogens with one attached hydrogen (secondary N) is 1. The Kier molecular flexibility index (Phi) is 7.64. The van der Waals surface area contributed by atoms with Gasteiger partial charge in [0.2, 0.25) is 5.91 Å². The van der Waals surface area contributed by atoms with Gasteiger partial charge in [0, 0.05) is 5.69 Å². The topological polar surface area (TPSA) is 41.6 Å². The van der Waals surface area contributed by atoms with Crippen molar-refractivity contribution in [3.8, 4) is 5.75 Å². The first-order valence-electron chi connectivity index (χ1n) is 9.93. The molecule has 1 saturated heterocycles. The van der Waals surface area contributed by atoms with Gasteiger partial charge in [0.05, 0.1) is 18.0 Å². The van der Waals surface area contributed by atoms with Crippen molar-refractivity contribution in [3.63, 3.8) is 0 Å². The summed E-state index contributed by atoms with van der Waals surface area (Å²) in [6.07, 6.45) is 0. The van der Waals surface area contributed by atoms with Gasteiger partial charge in [-0.25, -0.2) is 4.39 Å². The van der Waals surface area contributed by atoms with Gasteiger partial charge in [-0.05, 0) is 54.1 Å². The molecule has 0 spiro atoms. The second-order valence-electron chi connectivity index (χ2n) is 7.04. The van der Waals surface area contributed by atoms with Crippen LogP contribution in [0.2, 0.25) is 0 Å². The number of carbonyl (C=O) groups excluding carboxylic acids is 1. The van der Waals surface area contributed by atoms with Gasteiger partial charge in [-0.3, -0.25) is 9.69 Å². The lowest BCUT2D eigenvalue weighted by atomic mass is 10.1. The van der Waals surface area contributed by atoms with E-state index in [2.05, 4.69) is 5.32 Å². The molecule has 3 aromatic rings. The Morgan fingerprint density at radius 2 is 1.76 bits per heavy atom. The molecule has 1 N–H and O–H groups in total. The van der Waals surface area contributed by atoms with Crippen LogP contribution in [0.4, 0.5) is 15.8 Å². The summed E-state index contributed by atoms with van der Waals surface area (Å²) in [5.41, 5.74) is 2.35. The summed E-state index contributed by atoms with van der Waals surface area (Å²) in [6.45, 7) is 0. The third-order valence-corrected chi connectivity index (χ3v) is 8.19. The lowest BCUT2D eigenvalue weighted by Gasteiger charge is -2.23. The molecule has 0 aliphatic carbocycles. The van der Waals surface area contributed by atoms with Crippen molar-refractivity contribution >= 4 is 73.9 Å². The molecular weight excluding hydrogens is 496 g/mol. The summed E-state index contributed by atoms with van der Waals surface area (Å²) >= 11 is 13.9. The van der Waals surface area contributed by atoms with Crippen LogP contribution in [0, 0.1) is 5.82 Å². The number of nitrogens with zero attached hydrogens (tertiary/aromatic N) is 1. The first-order valence-corrected chi connectivity index (χ1v) is 12.5. The molecule has 9 heteroatoms. The van der Waals surface area contributed by atoms with Crippen LogP contribution in [-0.4, -0.2) is 26.9 Å². The van der Waals surface area contributed by atoms with E-state index in [0.717, 1.165) is 5.56 Å². The predicted molar refractivity (Wildman–Crippen MR) is 144 cm³/mol. The molecule has 0 aromatic heterocycles. The van der Waals surface area contributed by atoms with Crippen molar-refractivity contribution in [2.75, 3.05) is 17.3 Å². The number of hydrogen-bond acceptors (Lipinski definition) is 6. The van der Waals surface area contributed by atoms with Gasteiger partial charge >= 0.3 is 0 Å². The largest absolute Gasteiger partial charge is 0.497 e. The standard InChI is InChI=1S/C24H19FN2O2S4/c1-29-19-13-11-18(12-14-19)27-22(28)21(33-24(27)31)20(15-5-3-2-4-6-15)32-23(30)26-17-9-7-16(25)8-10-17/h2-14,20-21H,1H3,(H,26,30). The van der Waals surface area contributed by atoms with Gasteiger partial charge in [0.25, 0.3) is 0 Å². The Morgan fingerprint density at radius 1 is 1.09 bits per heavy atom. The van der Waals surface area contributed by atoms with Crippen molar-refractivity contribution in [2.45, 2.75) is 10.5 Å². The number of rotatable bonds is 6. The van der Waals surface area contributed by atoms with Crippen LogP contribution in [0.5, 0.6) is 5.75 Å². The maximum Gasteiger partial charge on any atom is 0.247 e. The number of methoxy groups -OCH3 is 1. The molecule has 4 rings (SSSR count). The Bertz CT molecular complexity index is 1160. The fourth-order valence-electron chi connectivity index (χ4n) is 3.33. The molecule has 1 aliphatic heterocycles. The first-order chi connectivity index (χ1) is 16.0. The smallest absolute Gasteiger partial charge is 0.247 e. The molecule has 0 radical (unpaired) electrons. The highest BCUT2D eigenvalue weighted by Crippen LogP contribution is 2.45.